The van der Waals surface area contributed by atoms with Gasteiger partial charge in [-0.1, -0.05) is 30.3 Å². The number of hydrogen-bond donors (Lipinski definition) is 2. The van der Waals surface area contributed by atoms with Gasteiger partial charge in [0.2, 0.25) is 0 Å². The molecule has 0 fully saturated rings. The van der Waals surface area contributed by atoms with Gasteiger partial charge in [-0.2, -0.15) is 5.10 Å². The highest BCUT2D eigenvalue weighted by atomic mass is 16.5. The molecular formula is C18H23N3O5. The van der Waals surface area contributed by atoms with E-state index >= 15 is 0 Å². The molecule has 2 rings (SSSR count). The van der Waals surface area contributed by atoms with Crippen molar-refractivity contribution in [1.82, 2.24) is 15.1 Å². The molecule has 2 N–H and O–H groups in total. The summed E-state index contributed by atoms with van der Waals surface area (Å²) in [6.07, 6.45) is 2.24. The Bertz CT molecular complexity index is 744. The van der Waals surface area contributed by atoms with E-state index in [9.17, 15) is 14.7 Å². The molecule has 0 saturated carbocycles. The van der Waals surface area contributed by atoms with Gasteiger partial charge in [0.05, 0.1) is 25.0 Å². The molecular weight excluding hydrogens is 338 g/mol. The first kappa shape index (κ1) is 19.3. The van der Waals surface area contributed by atoms with Crippen LogP contribution in [-0.4, -0.2) is 38.6 Å². The van der Waals surface area contributed by atoms with Crippen LogP contribution in [0.3, 0.4) is 0 Å². The van der Waals surface area contributed by atoms with Crippen LogP contribution in [0.1, 0.15) is 26.3 Å². The lowest BCUT2D eigenvalue weighted by molar-refractivity contribution is -0.144. The van der Waals surface area contributed by atoms with Crippen LogP contribution >= 0.6 is 0 Å². The number of alkyl carbamates (subject to hydrolysis) is 1. The number of nitrogens with one attached hydrogen (secondary N) is 1. The van der Waals surface area contributed by atoms with Crippen LogP contribution in [0.2, 0.25) is 0 Å². The summed E-state index contributed by atoms with van der Waals surface area (Å²) in [7, 11) is 0. The topological polar surface area (TPSA) is 103 Å². The van der Waals surface area contributed by atoms with Crippen molar-refractivity contribution < 1.29 is 24.2 Å². The highest BCUT2D eigenvalue weighted by Gasteiger charge is 2.36. The van der Waals surface area contributed by atoms with Crippen molar-refractivity contribution >= 4 is 12.1 Å². The second kappa shape index (κ2) is 8.37. The van der Waals surface area contributed by atoms with Crippen molar-refractivity contribution in [3.05, 3.63) is 48.3 Å². The summed E-state index contributed by atoms with van der Waals surface area (Å²) >= 11 is 0. The molecule has 0 aliphatic heterocycles. The zero-order chi connectivity index (χ0) is 19.2. The van der Waals surface area contributed by atoms with E-state index in [1.54, 1.807) is 6.20 Å². The Labute approximate surface area is 151 Å². The maximum atomic E-state index is 12.0. The standard InChI is InChI=1S/C18H23N3O5/c1-13(2)26-15-9-19-21(10-15)12-18(3,16(22)23)20-17(24)25-11-14-7-5-4-6-8-14/h4-10,13H,11-12H2,1-3H3,(H,20,24)(H,22,23). The van der Waals surface area contributed by atoms with Gasteiger partial charge in [0.25, 0.3) is 0 Å². The van der Waals surface area contributed by atoms with Gasteiger partial charge in [-0.15, -0.1) is 0 Å². The Hall–Kier alpha value is -3.03. The maximum Gasteiger partial charge on any atom is 0.408 e. The molecule has 0 aliphatic carbocycles. The number of carboxylic acid groups (broad SMARTS) is 1. The Balaban J connectivity index is 1.98. The average molecular weight is 361 g/mol. The lowest BCUT2D eigenvalue weighted by Crippen LogP contribution is -2.55. The van der Waals surface area contributed by atoms with Crippen molar-refractivity contribution in [3.63, 3.8) is 0 Å². The minimum absolute atomic E-state index is 0.0235. The third-order valence-corrected chi connectivity index (χ3v) is 3.52. The molecule has 1 aromatic heterocycles. The number of ether oxygens (including phenoxy) is 2. The first-order chi connectivity index (χ1) is 12.3. The first-order valence-corrected chi connectivity index (χ1v) is 8.20. The molecule has 0 bridgehead atoms. The fourth-order valence-corrected chi connectivity index (χ4v) is 2.23. The van der Waals surface area contributed by atoms with Crippen molar-refractivity contribution in [2.24, 2.45) is 0 Å². The number of hydrogen-bond acceptors (Lipinski definition) is 5. The molecule has 1 aromatic carbocycles. The van der Waals surface area contributed by atoms with Crippen molar-refractivity contribution in [2.45, 2.75) is 45.6 Å². The van der Waals surface area contributed by atoms with E-state index in [-0.39, 0.29) is 19.3 Å². The van der Waals surface area contributed by atoms with Gasteiger partial charge in [0.1, 0.15) is 6.61 Å². The number of benzene rings is 1. The largest absolute Gasteiger partial charge is 0.488 e. The number of amides is 1. The van der Waals surface area contributed by atoms with Gasteiger partial charge in [0.15, 0.2) is 11.3 Å². The highest BCUT2D eigenvalue weighted by Crippen LogP contribution is 2.15. The summed E-state index contributed by atoms with van der Waals surface area (Å²) in [6.45, 7) is 5.12. The summed E-state index contributed by atoms with van der Waals surface area (Å²) in [5, 5.41) is 16.0. The maximum absolute atomic E-state index is 12.0. The lowest BCUT2D eigenvalue weighted by atomic mass is 10.0. The fourth-order valence-electron chi connectivity index (χ4n) is 2.23. The molecule has 1 atom stereocenters. The number of carbonyl (C=O) groups excluding carboxylic acids is 1. The molecule has 0 aliphatic rings. The third-order valence-electron chi connectivity index (χ3n) is 3.52. The van der Waals surface area contributed by atoms with Gasteiger partial charge in [-0.3, -0.25) is 4.68 Å². The zero-order valence-electron chi connectivity index (χ0n) is 15.0. The molecule has 0 spiro atoms. The van der Waals surface area contributed by atoms with Crippen LogP contribution < -0.4 is 10.1 Å². The quantitative estimate of drug-likeness (QED) is 0.749. The molecule has 0 saturated heterocycles. The predicted molar refractivity (Wildman–Crippen MR) is 93.8 cm³/mol. The van der Waals surface area contributed by atoms with Gasteiger partial charge in [-0.05, 0) is 26.3 Å². The van der Waals surface area contributed by atoms with E-state index in [2.05, 4.69) is 10.4 Å². The Morgan fingerprint density at radius 3 is 2.62 bits per heavy atom. The molecule has 1 unspecified atom stereocenters. The summed E-state index contributed by atoms with van der Waals surface area (Å²) < 4.78 is 12.0. The fraction of sp³-hybridized carbons (Fsp3) is 0.389. The Kier molecular flexibility index (Phi) is 6.21. The number of aliphatic carboxylic acids is 1. The smallest absolute Gasteiger partial charge is 0.408 e. The first-order valence-electron chi connectivity index (χ1n) is 8.20. The van der Waals surface area contributed by atoms with E-state index in [4.69, 9.17) is 9.47 Å². The predicted octanol–water partition coefficient (Wildman–Crippen LogP) is 2.44. The van der Waals surface area contributed by atoms with Crippen LogP contribution in [0.5, 0.6) is 5.75 Å². The zero-order valence-corrected chi connectivity index (χ0v) is 15.0. The second-order valence-corrected chi connectivity index (χ2v) is 6.36. The minimum atomic E-state index is -1.59. The number of carbonyl (C=O) groups is 2. The van der Waals surface area contributed by atoms with E-state index < -0.39 is 17.6 Å². The number of nitrogens with zero attached hydrogens (tertiary/aromatic N) is 2. The monoisotopic (exact) mass is 361 g/mol. The third kappa shape index (κ3) is 5.51. The van der Waals surface area contributed by atoms with Crippen molar-refractivity contribution in [3.8, 4) is 5.75 Å². The van der Waals surface area contributed by atoms with Crippen LogP contribution in [0.25, 0.3) is 0 Å². The molecule has 140 valence electrons. The molecule has 1 heterocycles. The Morgan fingerprint density at radius 2 is 2.00 bits per heavy atom. The molecule has 0 radical (unpaired) electrons. The molecule has 1 amide bonds. The minimum Gasteiger partial charge on any atom is -0.488 e. The number of carboxylic acids is 1. The summed E-state index contributed by atoms with van der Waals surface area (Å²) in [5.41, 5.74) is -0.781. The summed E-state index contributed by atoms with van der Waals surface area (Å²) in [6, 6.07) is 9.12. The number of aromatic nitrogens is 2. The van der Waals surface area contributed by atoms with Crippen LogP contribution in [0, 0.1) is 0 Å². The second-order valence-electron chi connectivity index (χ2n) is 6.36. The van der Waals surface area contributed by atoms with Gasteiger partial charge < -0.3 is 19.9 Å². The van der Waals surface area contributed by atoms with Crippen molar-refractivity contribution in [2.75, 3.05) is 0 Å². The molecule has 2 aromatic rings. The average Bonchev–Trinajstić information content (AvgIpc) is 2.99. The normalized spacial score (nSPS) is 13.1. The number of rotatable bonds is 8. The summed E-state index contributed by atoms with van der Waals surface area (Å²) in [4.78, 5) is 23.7. The van der Waals surface area contributed by atoms with E-state index in [0.29, 0.717) is 5.75 Å². The van der Waals surface area contributed by atoms with E-state index in [1.807, 2.05) is 44.2 Å². The summed E-state index contributed by atoms with van der Waals surface area (Å²) in [5.74, 6) is -0.671. The van der Waals surface area contributed by atoms with Gasteiger partial charge in [0, 0.05) is 0 Å². The Morgan fingerprint density at radius 1 is 1.31 bits per heavy atom. The van der Waals surface area contributed by atoms with Gasteiger partial charge >= 0.3 is 12.1 Å². The van der Waals surface area contributed by atoms with Crippen molar-refractivity contribution in [1.29, 1.82) is 0 Å². The van der Waals surface area contributed by atoms with Crippen LogP contribution in [-0.2, 0) is 22.7 Å². The van der Waals surface area contributed by atoms with Gasteiger partial charge in [-0.25, -0.2) is 9.59 Å². The SMILES string of the molecule is CC(C)Oc1cnn(CC(C)(NC(=O)OCc2ccccc2)C(=O)O)c1. The van der Waals surface area contributed by atoms with Crippen LogP contribution in [0.4, 0.5) is 4.79 Å². The molecule has 26 heavy (non-hydrogen) atoms. The van der Waals surface area contributed by atoms with E-state index in [0.717, 1.165) is 5.56 Å². The molecule has 8 nitrogen and oxygen atoms in total. The van der Waals surface area contributed by atoms with E-state index in [1.165, 1.54) is 17.8 Å². The highest BCUT2D eigenvalue weighted by molar-refractivity contribution is 5.83. The van der Waals surface area contributed by atoms with Crippen LogP contribution in [0.15, 0.2) is 42.7 Å². The lowest BCUT2D eigenvalue weighted by Gasteiger charge is -2.25. The molecule has 8 heteroatoms.